The Morgan fingerprint density at radius 3 is 2.33 bits per heavy atom. The summed E-state index contributed by atoms with van der Waals surface area (Å²) in [6.45, 7) is 3.90. The molecule has 0 spiro atoms. The van der Waals surface area contributed by atoms with E-state index in [-0.39, 0.29) is 17.3 Å². The van der Waals surface area contributed by atoms with Crippen LogP contribution in [-0.2, 0) is 0 Å². The van der Waals surface area contributed by atoms with E-state index in [0.717, 1.165) is 45.9 Å². The molecule has 2 N–H and O–H groups in total. The van der Waals surface area contributed by atoms with Gasteiger partial charge in [0.25, 0.3) is 0 Å². The van der Waals surface area contributed by atoms with Crippen molar-refractivity contribution in [3.05, 3.63) is 77.9 Å². The fourth-order valence-corrected chi connectivity index (χ4v) is 5.51. The SMILES string of the molecule is O=C(c1ccc(O)cc1)c1c(-c2ccc(OCCN3CCCC3)cc2)sc2cc(O)ccc12. The molecule has 5 rings (SSSR count). The second-order valence-corrected chi connectivity index (χ2v) is 9.34. The largest absolute Gasteiger partial charge is 0.508 e. The van der Waals surface area contributed by atoms with E-state index in [1.165, 1.54) is 36.3 Å². The van der Waals surface area contributed by atoms with E-state index in [0.29, 0.717) is 17.7 Å². The number of hydrogen-bond acceptors (Lipinski definition) is 6. The number of thiophene rings is 1. The smallest absolute Gasteiger partial charge is 0.195 e. The monoisotopic (exact) mass is 459 g/mol. The van der Waals surface area contributed by atoms with Gasteiger partial charge in [0, 0.05) is 32.6 Å². The molecule has 0 amide bonds. The normalized spacial score (nSPS) is 14.1. The zero-order valence-electron chi connectivity index (χ0n) is 18.2. The third kappa shape index (κ3) is 4.58. The van der Waals surface area contributed by atoms with Gasteiger partial charge >= 0.3 is 0 Å². The van der Waals surface area contributed by atoms with Crippen molar-refractivity contribution in [2.75, 3.05) is 26.2 Å². The van der Waals surface area contributed by atoms with Gasteiger partial charge in [0.1, 0.15) is 23.9 Å². The summed E-state index contributed by atoms with van der Waals surface area (Å²) >= 11 is 1.48. The predicted octanol–water partition coefficient (Wildman–Crippen LogP) is 5.69. The second-order valence-electron chi connectivity index (χ2n) is 8.28. The summed E-state index contributed by atoms with van der Waals surface area (Å²) < 4.78 is 6.78. The molecule has 4 aromatic rings. The van der Waals surface area contributed by atoms with Crippen LogP contribution in [0.3, 0.4) is 0 Å². The molecule has 5 nitrogen and oxygen atoms in total. The van der Waals surface area contributed by atoms with Gasteiger partial charge in [-0.15, -0.1) is 11.3 Å². The Labute approximate surface area is 196 Å². The molecule has 1 aliphatic rings. The van der Waals surface area contributed by atoms with Crippen LogP contribution in [0.2, 0.25) is 0 Å². The van der Waals surface area contributed by atoms with Crippen LogP contribution in [0.4, 0.5) is 0 Å². The zero-order chi connectivity index (χ0) is 22.8. The molecule has 0 unspecified atom stereocenters. The van der Waals surface area contributed by atoms with Crippen molar-refractivity contribution in [2.24, 2.45) is 0 Å². The summed E-state index contributed by atoms with van der Waals surface area (Å²) in [5.41, 5.74) is 2.02. The standard InChI is InChI=1S/C27H25NO4S/c29-20-7-3-18(4-8-20)26(31)25-23-12-9-21(30)17-24(23)33-27(25)19-5-10-22(11-6-19)32-16-15-28-13-1-2-14-28/h3-12,17,29-30H,1-2,13-16H2. The van der Waals surface area contributed by atoms with Crippen LogP contribution in [0.5, 0.6) is 17.2 Å². The van der Waals surface area contributed by atoms with Gasteiger partial charge in [-0.25, -0.2) is 0 Å². The Balaban J connectivity index is 1.45. The predicted molar refractivity (Wildman–Crippen MR) is 132 cm³/mol. The minimum Gasteiger partial charge on any atom is -0.508 e. The molecule has 0 bridgehead atoms. The van der Waals surface area contributed by atoms with E-state index in [4.69, 9.17) is 4.74 Å². The first-order valence-electron chi connectivity index (χ1n) is 11.1. The number of phenolic OH excluding ortho intramolecular Hbond substituents is 2. The Bertz CT molecular complexity index is 1270. The molecule has 33 heavy (non-hydrogen) atoms. The lowest BCUT2D eigenvalue weighted by atomic mass is 9.97. The molecule has 1 aliphatic heterocycles. The minimum absolute atomic E-state index is 0.118. The molecule has 168 valence electrons. The number of phenols is 2. The third-order valence-corrected chi connectivity index (χ3v) is 7.22. The molecular formula is C27H25NO4S. The number of carbonyl (C=O) groups excluding carboxylic acids is 1. The number of fused-ring (bicyclic) bond motifs is 1. The Morgan fingerprint density at radius 1 is 0.909 bits per heavy atom. The van der Waals surface area contributed by atoms with Crippen molar-refractivity contribution in [3.63, 3.8) is 0 Å². The number of ketones is 1. The molecule has 6 heteroatoms. The van der Waals surface area contributed by atoms with Gasteiger partial charge in [-0.1, -0.05) is 0 Å². The first-order valence-corrected chi connectivity index (χ1v) is 11.9. The maximum atomic E-state index is 13.5. The fourth-order valence-electron chi connectivity index (χ4n) is 4.27. The van der Waals surface area contributed by atoms with E-state index < -0.39 is 0 Å². The number of ether oxygens (including phenoxy) is 1. The summed E-state index contributed by atoms with van der Waals surface area (Å²) in [6.07, 6.45) is 2.54. The first-order chi connectivity index (χ1) is 16.1. The number of likely N-dealkylation sites (tertiary alicyclic amines) is 1. The van der Waals surface area contributed by atoms with Gasteiger partial charge < -0.3 is 14.9 Å². The fraction of sp³-hybridized carbons (Fsp3) is 0.222. The van der Waals surface area contributed by atoms with Crippen LogP contribution in [-0.4, -0.2) is 47.1 Å². The van der Waals surface area contributed by atoms with Crippen molar-refractivity contribution < 1.29 is 19.7 Å². The maximum Gasteiger partial charge on any atom is 0.195 e. The van der Waals surface area contributed by atoms with Crippen molar-refractivity contribution in [2.45, 2.75) is 12.8 Å². The lowest BCUT2D eigenvalue weighted by molar-refractivity contribution is 0.104. The highest BCUT2D eigenvalue weighted by molar-refractivity contribution is 7.22. The average Bonchev–Trinajstić information content (AvgIpc) is 3.47. The van der Waals surface area contributed by atoms with Crippen LogP contribution in [0.15, 0.2) is 66.7 Å². The van der Waals surface area contributed by atoms with E-state index in [1.54, 1.807) is 30.3 Å². The summed E-state index contributed by atoms with van der Waals surface area (Å²) in [6, 6.07) is 19.2. The van der Waals surface area contributed by atoms with Gasteiger partial charge in [0.15, 0.2) is 5.78 Å². The molecule has 1 fully saturated rings. The summed E-state index contributed by atoms with van der Waals surface area (Å²) in [4.78, 5) is 16.7. The average molecular weight is 460 g/mol. The minimum atomic E-state index is -0.118. The Kier molecular flexibility index (Phi) is 6.03. The summed E-state index contributed by atoms with van der Waals surface area (Å²) in [7, 11) is 0. The number of rotatable bonds is 7. The highest BCUT2D eigenvalue weighted by Crippen LogP contribution is 2.41. The van der Waals surface area contributed by atoms with Crippen molar-refractivity contribution in [3.8, 4) is 27.7 Å². The van der Waals surface area contributed by atoms with E-state index in [2.05, 4.69) is 4.90 Å². The third-order valence-electron chi connectivity index (χ3n) is 6.02. The molecule has 0 saturated carbocycles. The lowest BCUT2D eigenvalue weighted by Gasteiger charge is -2.15. The molecule has 3 aromatic carbocycles. The number of nitrogens with zero attached hydrogens (tertiary/aromatic N) is 1. The highest BCUT2D eigenvalue weighted by atomic mass is 32.1. The quantitative estimate of drug-likeness (QED) is 0.348. The molecule has 2 heterocycles. The van der Waals surface area contributed by atoms with Crippen molar-refractivity contribution in [1.29, 1.82) is 0 Å². The van der Waals surface area contributed by atoms with Gasteiger partial charge in [0.05, 0.1) is 0 Å². The topological polar surface area (TPSA) is 70.0 Å². The summed E-state index contributed by atoms with van der Waals surface area (Å²) in [5.74, 6) is 0.976. The number of hydrogen-bond donors (Lipinski definition) is 2. The van der Waals surface area contributed by atoms with Gasteiger partial charge in [-0.2, -0.15) is 0 Å². The van der Waals surface area contributed by atoms with Crippen LogP contribution < -0.4 is 4.74 Å². The van der Waals surface area contributed by atoms with Gasteiger partial charge in [-0.05, 0) is 98.2 Å². The number of benzene rings is 3. The maximum absolute atomic E-state index is 13.5. The van der Waals surface area contributed by atoms with Crippen molar-refractivity contribution in [1.82, 2.24) is 4.90 Å². The highest BCUT2D eigenvalue weighted by Gasteiger charge is 2.22. The summed E-state index contributed by atoms with van der Waals surface area (Å²) in [5, 5.41) is 20.4. The van der Waals surface area contributed by atoms with E-state index in [1.807, 2.05) is 24.3 Å². The van der Waals surface area contributed by atoms with Gasteiger partial charge in [-0.3, -0.25) is 9.69 Å². The Morgan fingerprint density at radius 2 is 1.61 bits per heavy atom. The molecule has 1 aromatic heterocycles. The van der Waals surface area contributed by atoms with Crippen molar-refractivity contribution >= 4 is 27.2 Å². The second kappa shape index (κ2) is 9.25. The van der Waals surface area contributed by atoms with Crippen LogP contribution in [0.1, 0.15) is 28.8 Å². The molecule has 0 aliphatic carbocycles. The zero-order valence-corrected chi connectivity index (χ0v) is 19.0. The van der Waals surface area contributed by atoms with Crippen LogP contribution >= 0.6 is 11.3 Å². The molecular weight excluding hydrogens is 434 g/mol. The van der Waals surface area contributed by atoms with Gasteiger partial charge in [0.2, 0.25) is 0 Å². The van der Waals surface area contributed by atoms with E-state index in [9.17, 15) is 15.0 Å². The Hall–Kier alpha value is -3.35. The number of carbonyl (C=O) groups is 1. The first kappa shape index (κ1) is 21.5. The lowest BCUT2D eigenvalue weighted by Crippen LogP contribution is -2.25. The number of aromatic hydroxyl groups is 2. The molecule has 0 atom stereocenters. The molecule has 1 saturated heterocycles. The molecule has 0 radical (unpaired) electrons. The van der Waals surface area contributed by atoms with Crippen LogP contribution in [0.25, 0.3) is 20.5 Å². The van der Waals surface area contributed by atoms with Crippen LogP contribution in [0, 0.1) is 0 Å². The van der Waals surface area contributed by atoms with E-state index >= 15 is 0 Å².